The van der Waals surface area contributed by atoms with Gasteiger partial charge in [-0.15, -0.1) is 0 Å². The summed E-state index contributed by atoms with van der Waals surface area (Å²) in [6, 6.07) is 31.5. The molecule has 0 radical (unpaired) electrons. The fourth-order valence-corrected chi connectivity index (χ4v) is 3.52. The van der Waals surface area contributed by atoms with Crippen LogP contribution in [0.2, 0.25) is 0 Å². The van der Waals surface area contributed by atoms with Gasteiger partial charge in [0.05, 0.1) is 45.8 Å². The lowest BCUT2D eigenvalue weighted by Crippen LogP contribution is -2.02. The van der Waals surface area contributed by atoms with Crippen molar-refractivity contribution in [3.8, 4) is 57.9 Å². The average molecular weight is 407 g/mol. The molecule has 146 valence electrons. The molecule has 0 saturated heterocycles. The molecule has 0 fully saturated rings. The van der Waals surface area contributed by atoms with Crippen LogP contribution in [0.3, 0.4) is 0 Å². The summed E-state index contributed by atoms with van der Waals surface area (Å²) < 4.78 is 0. The Labute approximate surface area is 185 Å². The van der Waals surface area contributed by atoms with Crippen molar-refractivity contribution in [3.63, 3.8) is 0 Å². The van der Waals surface area contributed by atoms with Gasteiger partial charge in [0.2, 0.25) is 0 Å². The van der Waals surface area contributed by atoms with Gasteiger partial charge in [0, 0.05) is 16.7 Å². The highest BCUT2D eigenvalue weighted by Crippen LogP contribution is 2.38. The number of nitriles is 4. The molecule has 0 saturated carbocycles. The van der Waals surface area contributed by atoms with Crippen LogP contribution in [0.1, 0.15) is 22.3 Å². The van der Waals surface area contributed by atoms with Crippen molar-refractivity contribution >= 4 is 0 Å². The molecule has 0 bridgehead atoms. The fraction of sp³-hybridized carbons (Fsp3) is 0. The Bertz CT molecular complexity index is 1380. The van der Waals surface area contributed by atoms with Gasteiger partial charge in [-0.3, -0.25) is 0 Å². The number of hydrogen-bond donors (Lipinski definition) is 0. The van der Waals surface area contributed by atoms with Gasteiger partial charge in [0.25, 0.3) is 0 Å². The zero-order valence-electron chi connectivity index (χ0n) is 16.7. The van der Waals surface area contributed by atoms with Crippen molar-refractivity contribution in [3.05, 3.63) is 101 Å². The van der Waals surface area contributed by atoms with E-state index in [9.17, 15) is 10.5 Å². The van der Waals surface area contributed by atoms with E-state index in [1.54, 1.807) is 48.5 Å². The Morgan fingerprint density at radius 1 is 0.469 bits per heavy atom. The van der Waals surface area contributed by atoms with E-state index in [-0.39, 0.29) is 11.1 Å². The molecule has 0 spiro atoms. The molecule has 0 aliphatic rings. The van der Waals surface area contributed by atoms with Gasteiger partial charge in [0.15, 0.2) is 0 Å². The Balaban J connectivity index is 2.10. The number of pyridine rings is 1. The van der Waals surface area contributed by atoms with E-state index in [0.29, 0.717) is 39.2 Å². The van der Waals surface area contributed by atoms with Crippen LogP contribution in [0.5, 0.6) is 0 Å². The highest BCUT2D eigenvalue weighted by Gasteiger charge is 2.23. The second-order valence-corrected chi connectivity index (χ2v) is 6.90. The first-order valence-electron chi connectivity index (χ1n) is 9.65. The fourth-order valence-electron chi connectivity index (χ4n) is 3.52. The molecule has 3 aromatic carbocycles. The summed E-state index contributed by atoms with van der Waals surface area (Å²) in [5.74, 6) is 0. The predicted molar refractivity (Wildman–Crippen MR) is 119 cm³/mol. The lowest BCUT2D eigenvalue weighted by atomic mass is 9.89. The lowest BCUT2D eigenvalue weighted by molar-refractivity contribution is 1.28. The largest absolute Gasteiger partial charge is 0.245 e. The molecule has 4 rings (SSSR count). The van der Waals surface area contributed by atoms with Crippen LogP contribution in [0.4, 0.5) is 0 Å². The summed E-state index contributed by atoms with van der Waals surface area (Å²) >= 11 is 0. The number of hydrogen-bond acceptors (Lipinski definition) is 5. The molecule has 0 aliphatic carbocycles. The van der Waals surface area contributed by atoms with Gasteiger partial charge in [-0.25, -0.2) is 4.98 Å². The van der Waals surface area contributed by atoms with Gasteiger partial charge in [-0.2, -0.15) is 21.0 Å². The monoisotopic (exact) mass is 407 g/mol. The Kier molecular flexibility index (Phi) is 5.42. The Hall–Kier alpha value is -5.23. The van der Waals surface area contributed by atoms with Crippen molar-refractivity contribution in [2.24, 2.45) is 0 Å². The van der Waals surface area contributed by atoms with E-state index in [2.05, 4.69) is 24.3 Å². The van der Waals surface area contributed by atoms with Gasteiger partial charge in [-0.1, -0.05) is 54.6 Å². The molecule has 0 aliphatic heterocycles. The zero-order valence-corrected chi connectivity index (χ0v) is 16.7. The van der Waals surface area contributed by atoms with Crippen LogP contribution in [0.15, 0.2) is 78.9 Å². The molecular weight excluding hydrogens is 394 g/mol. The van der Waals surface area contributed by atoms with Crippen molar-refractivity contribution in [2.75, 3.05) is 0 Å². The molecular formula is C27H13N5. The highest BCUT2D eigenvalue weighted by molar-refractivity contribution is 5.89. The van der Waals surface area contributed by atoms with Crippen LogP contribution in [0.25, 0.3) is 33.6 Å². The third-order valence-corrected chi connectivity index (χ3v) is 5.06. The normalized spacial score (nSPS) is 9.75. The maximum Gasteiger partial charge on any atom is 0.102 e. The standard InChI is InChI=1S/C27H13N5/c28-14-18-6-10-21(11-7-18)26-23(16-30)25(20-4-2-1-3-5-20)24(17-31)27(32-26)22-12-8-19(15-29)9-13-22/h1-13H. The van der Waals surface area contributed by atoms with Crippen LogP contribution in [-0.4, -0.2) is 4.98 Å². The first-order valence-corrected chi connectivity index (χ1v) is 9.65. The summed E-state index contributed by atoms with van der Waals surface area (Å²) in [5.41, 5.74) is 4.98. The van der Waals surface area contributed by atoms with Crippen LogP contribution in [0, 0.1) is 45.3 Å². The molecule has 0 N–H and O–H groups in total. The summed E-state index contributed by atoms with van der Waals surface area (Å²) in [6.45, 7) is 0. The molecule has 5 heteroatoms. The quantitative estimate of drug-likeness (QED) is 0.441. The maximum absolute atomic E-state index is 10.1. The van der Waals surface area contributed by atoms with Crippen LogP contribution < -0.4 is 0 Å². The second kappa shape index (κ2) is 8.64. The van der Waals surface area contributed by atoms with E-state index < -0.39 is 0 Å². The van der Waals surface area contributed by atoms with Crippen molar-refractivity contribution in [2.45, 2.75) is 0 Å². The minimum absolute atomic E-state index is 0.287. The van der Waals surface area contributed by atoms with Crippen molar-refractivity contribution < 1.29 is 0 Å². The van der Waals surface area contributed by atoms with Gasteiger partial charge in [-0.05, 0) is 29.8 Å². The first kappa shape index (κ1) is 20.1. The lowest BCUT2D eigenvalue weighted by Gasteiger charge is -2.16. The van der Waals surface area contributed by atoms with E-state index in [0.717, 1.165) is 5.56 Å². The number of benzene rings is 3. The number of rotatable bonds is 3. The first-order chi connectivity index (χ1) is 15.7. The van der Waals surface area contributed by atoms with E-state index >= 15 is 0 Å². The minimum atomic E-state index is 0.287. The van der Waals surface area contributed by atoms with E-state index in [1.807, 2.05) is 30.3 Å². The Morgan fingerprint density at radius 3 is 1.28 bits per heavy atom. The average Bonchev–Trinajstić information content (AvgIpc) is 2.88. The summed E-state index contributed by atoms with van der Waals surface area (Å²) in [5, 5.41) is 38.4. The zero-order chi connectivity index (χ0) is 22.5. The molecule has 0 atom stereocenters. The SMILES string of the molecule is N#Cc1ccc(-c2nc(-c3ccc(C#N)cc3)c(C#N)c(-c3ccccc3)c2C#N)cc1. The molecule has 1 heterocycles. The molecule has 1 aromatic heterocycles. The predicted octanol–water partition coefficient (Wildman–Crippen LogP) is 5.57. The van der Waals surface area contributed by atoms with Gasteiger partial charge < -0.3 is 0 Å². The molecule has 0 amide bonds. The molecule has 5 nitrogen and oxygen atoms in total. The van der Waals surface area contributed by atoms with Crippen LogP contribution in [-0.2, 0) is 0 Å². The number of nitrogens with zero attached hydrogens (tertiary/aromatic N) is 5. The summed E-state index contributed by atoms with van der Waals surface area (Å²) in [6.07, 6.45) is 0. The van der Waals surface area contributed by atoms with Gasteiger partial charge in [0.1, 0.15) is 12.1 Å². The Morgan fingerprint density at radius 2 is 0.906 bits per heavy atom. The maximum atomic E-state index is 10.1. The van der Waals surface area contributed by atoms with Crippen molar-refractivity contribution in [1.82, 2.24) is 4.98 Å². The topological polar surface area (TPSA) is 108 Å². The van der Waals surface area contributed by atoms with Crippen molar-refractivity contribution in [1.29, 1.82) is 21.0 Å². The highest BCUT2D eigenvalue weighted by atomic mass is 14.7. The summed E-state index contributed by atoms with van der Waals surface area (Å²) in [4.78, 5) is 4.74. The molecule has 4 aromatic rings. The molecule has 0 unspecified atom stereocenters. The third-order valence-electron chi connectivity index (χ3n) is 5.06. The van der Waals surface area contributed by atoms with E-state index in [1.165, 1.54) is 0 Å². The smallest absolute Gasteiger partial charge is 0.102 e. The minimum Gasteiger partial charge on any atom is -0.245 e. The second-order valence-electron chi connectivity index (χ2n) is 6.90. The van der Waals surface area contributed by atoms with Crippen LogP contribution >= 0.6 is 0 Å². The number of aromatic nitrogens is 1. The van der Waals surface area contributed by atoms with Gasteiger partial charge >= 0.3 is 0 Å². The summed E-state index contributed by atoms with van der Waals surface area (Å²) in [7, 11) is 0. The molecule has 32 heavy (non-hydrogen) atoms. The third kappa shape index (κ3) is 3.55. The van der Waals surface area contributed by atoms with E-state index in [4.69, 9.17) is 15.5 Å².